The number of ether oxygens (including phenoxy) is 1. The molecule has 1 aliphatic rings. The van der Waals surface area contributed by atoms with Gasteiger partial charge < -0.3 is 4.74 Å². The molecule has 0 saturated carbocycles. The third kappa shape index (κ3) is 9.81. The number of carbonyl (C=O) groups excluding carboxylic acids is 2. The molecular formula is C22H38O3. The van der Waals surface area contributed by atoms with E-state index in [-0.39, 0.29) is 24.3 Å². The number of allylic oxidation sites excluding steroid dienone is 1. The number of carbonyl (C=O) groups is 2. The van der Waals surface area contributed by atoms with Crippen LogP contribution >= 0.6 is 0 Å². The lowest BCUT2D eigenvalue weighted by Gasteiger charge is -2.11. The molecule has 0 aromatic carbocycles. The fourth-order valence-corrected chi connectivity index (χ4v) is 3.50. The Morgan fingerprint density at radius 3 is 2.00 bits per heavy atom. The predicted molar refractivity (Wildman–Crippen MR) is 103 cm³/mol. The van der Waals surface area contributed by atoms with Crippen molar-refractivity contribution in [1.82, 2.24) is 0 Å². The van der Waals surface area contributed by atoms with Crippen molar-refractivity contribution in [2.75, 3.05) is 0 Å². The van der Waals surface area contributed by atoms with E-state index in [4.69, 9.17) is 4.74 Å². The molecule has 1 saturated heterocycles. The molecule has 1 atom stereocenters. The molecule has 0 amide bonds. The van der Waals surface area contributed by atoms with Crippen molar-refractivity contribution in [1.29, 1.82) is 0 Å². The predicted octanol–water partition coefficient (Wildman–Crippen LogP) is 6.50. The van der Waals surface area contributed by atoms with Gasteiger partial charge in [0.1, 0.15) is 0 Å². The Morgan fingerprint density at radius 1 is 0.880 bits per heavy atom. The Bertz CT molecular complexity index is 411. The summed E-state index contributed by atoms with van der Waals surface area (Å²) < 4.78 is 4.77. The van der Waals surface area contributed by atoms with Crippen molar-refractivity contribution < 1.29 is 14.3 Å². The van der Waals surface area contributed by atoms with Gasteiger partial charge in [0.25, 0.3) is 0 Å². The lowest BCUT2D eigenvalue weighted by Crippen LogP contribution is -2.11. The molecule has 1 fully saturated rings. The Labute approximate surface area is 154 Å². The number of esters is 2. The Kier molecular flexibility index (Phi) is 12.4. The maximum atomic E-state index is 11.9. The summed E-state index contributed by atoms with van der Waals surface area (Å²) in [4.78, 5) is 23.3. The van der Waals surface area contributed by atoms with E-state index in [1.54, 1.807) is 0 Å². The molecule has 1 rings (SSSR count). The Morgan fingerprint density at radius 2 is 1.44 bits per heavy atom. The van der Waals surface area contributed by atoms with Gasteiger partial charge in [-0.2, -0.15) is 0 Å². The number of rotatable bonds is 15. The van der Waals surface area contributed by atoms with E-state index >= 15 is 0 Å². The first kappa shape index (κ1) is 21.9. The molecule has 25 heavy (non-hydrogen) atoms. The van der Waals surface area contributed by atoms with Crippen LogP contribution in [-0.4, -0.2) is 11.9 Å². The number of cyclic esters (lactones) is 2. The zero-order valence-corrected chi connectivity index (χ0v) is 16.5. The molecule has 0 bridgehead atoms. The average molecular weight is 351 g/mol. The standard InChI is InChI=1S/C22H38O3/c1-3-5-7-9-11-13-15-17-19(16-14-12-10-8-6-4-2)20-18-21(23)25-22(20)24/h17,20H,3-16,18H2,1-2H3. The first-order chi connectivity index (χ1) is 12.2. The summed E-state index contributed by atoms with van der Waals surface area (Å²) in [6.45, 7) is 4.46. The summed E-state index contributed by atoms with van der Waals surface area (Å²) in [5, 5.41) is 0. The minimum atomic E-state index is -0.358. The zero-order chi connectivity index (χ0) is 18.3. The number of hydrogen-bond donors (Lipinski definition) is 0. The second-order valence-corrected chi connectivity index (χ2v) is 7.40. The van der Waals surface area contributed by atoms with Gasteiger partial charge in [-0.25, -0.2) is 0 Å². The fraction of sp³-hybridized carbons (Fsp3) is 0.818. The van der Waals surface area contributed by atoms with E-state index < -0.39 is 0 Å². The van der Waals surface area contributed by atoms with Crippen molar-refractivity contribution >= 4 is 11.9 Å². The molecule has 1 unspecified atom stereocenters. The average Bonchev–Trinajstić information content (AvgIpc) is 2.93. The van der Waals surface area contributed by atoms with Gasteiger partial charge in [-0.05, 0) is 25.7 Å². The van der Waals surface area contributed by atoms with Gasteiger partial charge in [0.15, 0.2) is 0 Å². The van der Waals surface area contributed by atoms with E-state index in [0.717, 1.165) is 24.8 Å². The summed E-state index contributed by atoms with van der Waals surface area (Å²) in [5.74, 6) is -0.989. The van der Waals surface area contributed by atoms with E-state index in [9.17, 15) is 9.59 Å². The van der Waals surface area contributed by atoms with Gasteiger partial charge in [-0.15, -0.1) is 0 Å². The largest absolute Gasteiger partial charge is 0.393 e. The second-order valence-electron chi connectivity index (χ2n) is 7.40. The van der Waals surface area contributed by atoms with E-state index in [1.165, 1.54) is 70.6 Å². The summed E-state index contributed by atoms with van der Waals surface area (Å²) in [6.07, 6.45) is 19.6. The third-order valence-electron chi connectivity index (χ3n) is 5.10. The fourth-order valence-electron chi connectivity index (χ4n) is 3.50. The first-order valence-electron chi connectivity index (χ1n) is 10.6. The van der Waals surface area contributed by atoms with Crippen LogP contribution in [0.25, 0.3) is 0 Å². The summed E-state index contributed by atoms with van der Waals surface area (Å²) in [5.41, 5.74) is 1.15. The lowest BCUT2D eigenvalue weighted by molar-refractivity contribution is -0.152. The maximum Gasteiger partial charge on any atom is 0.321 e. The van der Waals surface area contributed by atoms with Crippen molar-refractivity contribution in [3.63, 3.8) is 0 Å². The first-order valence-corrected chi connectivity index (χ1v) is 10.6. The monoisotopic (exact) mass is 350 g/mol. The molecule has 1 aliphatic heterocycles. The van der Waals surface area contributed by atoms with Crippen LogP contribution in [0.5, 0.6) is 0 Å². The SMILES string of the molecule is CCCCCCCCC=C(CCCCCCCC)C1CC(=O)OC1=O. The van der Waals surface area contributed by atoms with E-state index in [2.05, 4.69) is 19.9 Å². The topological polar surface area (TPSA) is 43.4 Å². The van der Waals surface area contributed by atoms with Gasteiger partial charge in [0.2, 0.25) is 0 Å². The number of unbranched alkanes of at least 4 members (excludes halogenated alkanes) is 11. The summed E-state index contributed by atoms with van der Waals surface area (Å²) >= 11 is 0. The summed E-state index contributed by atoms with van der Waals surface area (Å²) in [6, 6.07) is 0. The van der Waals surface area contributed by atoms with Gasteiger partial charge in [0, 0.05) is 0 Å². The molecule has 0 aliphatic carbocycles. The Hall–Kier alpha value is -1.12. The molecule has 144 valence electrons. The molecular weight excluding hydrogens is 312 g/mol. The molecule has 3 heteroatoms. The van der Waals surface area contributed by atoms with E-state index in [0.29, 0.717) is 0 Å². The van der Waals surface area contributed by atoms with Crippen LogP contribution in [0.1, 0.15) is 110 Å². The molecule has 3 nitrogen and oxygen atoms in total. The molecule has 0 aromatic rings. The van der Waals surface area contributed by atoms with Gasteiger partial charge >= 0.3 is 11.9 Å². The van der Waals surface area contributed by atoms with Crippen LogP contribution in [-0.2, 0) is 14.3 Å². The van der Waals surface area contributed by atoms with Gasteiger partial charge in [-0.1, -0.05) is 89.7 Å². The normalized spacial score (nSPS) is 18.0. The number of hydrogen-bond acceptors (Lipinski definition) is 3. The molecule has 0 aromatic heterocycles. The van der Waals surface area contributed by atoms with Crippen molar-refractivity contribution in [2.45, 2.75) is 110 Å². The third-order valence-corrected chi connectivity index (χ3v) is 5.10. The molecule has 0 spiro atoms. The highest BCUT2D eigenvalue weighted by Crippen LogP contribution is 2.29. The van der Waals surface area contributed by atoms with Crippen LogP contribution in [0.4, 0.5) is 0 Å². The van der Waals surface area contributed by atoms with Gasteiger partial charge in [0.05, 0.1) is 12.3 Å². The smallest absolute Gasteiger partial charge is 0.321 e. The van der Waals surface area contributed by atoms with Crippen LogP contribution < -0.4 is 0 Å². The lowest BCUT2D eigenvalue weighted by atomic mass is 9.91. The van der Waals surface area contributed by atoms with Crippen molar-refractivity contribution in [3.8, 4) is 0 Å². The van der Waals surface area contributed by atoms with Crippen LogP contribution in [0.15, 0.2) is 11.6 Å². The molecule has 1 heterocycles. The quantitative estimate of drug-likeness (QED) is 0.146. The Balaban J connectivity index is 2.38. The van der Waals surface area contributed by atoms with Crippen molar-refractivity contribution in [3.05, 3.63) is 11.6 Å². The highest BCUT2D eigenvalue weighted by molar-refractivity contribution is 5.96. The van der Waals surface area contributed by atoms with Crippen molar-refractivity contribution in [2.24, 2.45) is 5.92 Å². The van der Waals surface area contributed by atoms with Crippen LogP contribution in [0, 0.1) is 5.92 Å². The zero-order valence-electron chi connectivity index (χ0n) is 16.5. The van der Waals surface area contributed by atoms with Crippen LogP contribution in [0.3, 0.4) is 0 Å². The van der Waals surface area contributed by atoms with Crippen LogP contribution in [0.2, 0.25) is 0 Å². The second kappa shape index (κ2) is 14.1. The minimum Gasteiger partial charge on any atom is -0.393 e. The van der Waals surface area contributed by atoms with E-state index in [1.807, 2.05) is 0 Å². The highest BCUT2D eigenvalue weighted by Gasteiger charge is 2.35. The minimum absolute atomic E-state index is 0.247. The summed E-state index contributed by atoms with van der Waals surface area (Å²) in [7, 11) is 0. The highest BCUT2D eigenvalue weighted by atomic mass is 16.6. The molecule has 0 radical (unpaired) electrons. The van der Waals surface area contributed by atoms with Gasteiger partial charge in [-0.3, -0.25) is 9.59 Å². The maximum absolute atomic E-state index is 11.9. The molecule has 0 N–H and O–H groups in total.